The molecule has 3 aromatic carbocycles. The molecular formula is C25H20FIN2O3. The third-order valence-electron chi connectivity index (χ3n) is 4.33. The maximum atomic E-state index is 13.1. The number of halogens is 2. The number of anilines is 1. The topological polar surface area (TPSA) is 71.3 Å². The number of carbonyl (C=O) groups excluding carboxylic acids is 1. The van der Waals surface area contributed by atoms with E-state index in [9.17, 15) is 14.4 Å². The molecule has 0 spiro atoms. The zero-order valence-electron chi connectivity index (χ0n) is 17.3. The van der Waals surface area contributed by atoms with Crippen LogP contribution in [0.2, 0.25) is 0 Å². The van der Waals surface area contributed by atoms with Crippen LogP contribution in [0.15, 0.2) is 72.3 Å². The number of carbonyl (C=O) groups is 1. The summed E-state index contributed by atoms with van der Waals surface area (Å²) in [6.45, 7) is 2.51. The Kier molecular flexibility index (Phi) is 8.22. The minimum absolute atomic E-state index is 0.0358. The lowest BCUT2D eigenvalue weighted by molar-refractivity contribution is -0.112. The quantitative estimate of drug-likeness (QED) is 0.217. The van der Waals surface area contributed by atoms with Crippen molar-refractivity contribution >= 4 is 40.3 Å². The maximum Gasteiger partial charge on any atom is 0.266 e. The first-order chi connectivity index (χ1) is 15.5. The van der Waals surface area contributed by atoms with E-state index >= 15 is 0 Å². The standard InChI is InChI=1S/C25H20FIN2O3/c1-2-31-24-13-18(8-11-23(24)32-16-17-6-9-20(26)10-7-17)12-19(15-28)25(30)29-22-5-3-4-21(27)14-22/h3-14H,2,16H2,1H3,(H,29,30)/b19-12+. The van der Waals surface area contributed by atoms with Crippen molar-refractivity contribution in [3.63, 3.8) is 0 Å². The molecule has 0 saturated carbocycles. The Labute approximate surface area is 199 Å². The second kappa shape index (κ2) is 11.3. The molecule has 0 aromatic heterocycles. The average Bonchev–Trinajstić information content (AvgIpc) is 2.78. The van der Waals surface area contributed by atoms with E-state index in [0.717, 1.165) is 9.13 Å². The van der Waals surface area contributed by atoms with Gasteiger partial charge in [-0.3, -0.25) is 4.79 Å². The van der Waals surface area contributed by atoms with Crippen LogP contribution in [-0.2, 0) is 11.4 Å². The first kappa shape index (κ1) is 23.3. The van der Waals surface area contributed by atoms with Gasteiger partial charge in [-0.25, -0.2) is 4.39 Å². The van der Waals surface area contributed by atoms with E-state index in [1.165, 1.54) is 18.2 Å². The van der Waals surface area contributed by atoms with Crippen LogP contribution < -0.4 is 14.8 Å². The Balaban J connectivity index is 1.77. The van der Waals surface area contributed by atoms with Gasteiger partial charge in [-0.15, -0.1) is 0 Å². The minimum atomic E-state index is -0.496. The molecular weight excluding hydrogens is 522 g/mol. The summed E-state index contributed by atoms with van der Waals surface area (Å²) in [6, 6.07) is 20.5. The number of nitrogens with one attached hydrogen (secondary N) is 1. The van der Waals surface area contributed by atoms with Crippen LogP contribution in [0.3, 0.4) is 0 Å². The highest BCUT2D eigenvalue weighted by molar-refractivity contribution is 14.1. The highest BCUT2D eigenvalue weighted by Gasteiger charge is 2.12. The highest BCUT2D eigenvalue weighted by atomic mass is 127. The third kappa shape index (κ3) is 6.56. The summed E-state index contributed by atoms with van der Waals surface area (Å²) in [7, 11) is 0. The summed E-state index contributed by atoms with van der Waals surface area (Å²) in [5, 5.41) is 12.2. The molecule has 32 heavy (non-hydrogen) atoms. The fourth-order valence-electron chi connectivity index (χ4n) is 2.82. The fraction of sp³-hybridized carbons (Fsp3) is 0.120. The molecule has 0 aliphatic carbocycles. The number of nitrogens with zero attached hydrogens (tertiary/aromatic N) is 1. The van der Waals surface area contributed by atoms with Crippen molar-refractivity contribution in [2.75, 3.05) is 11.9 Å². The van der Waals surface area contributed by atoms with E-state index in [4.69, 9.17) is 9.47 Å². The molecule has 7 heteroatoms. The first-order valence-electron chi connectivity index (χ1n) is 9.81. The number of hydrogen-bond acceptors (Lipinski definition) is 4. The van der Waals surface area contributed by atoms with E-state index in [0.29, 0.717) is 29.4 Å². The molecule has 0 aliphatic heterocycles. The van der Waals surface area contributed by atoms with Gasteiger partial charge in [0.25, 0.3) is 5.91 Å². The smallest absolute Gasteiger partial charge is 0.266 e. The van der Waals surface area contributed by atoms with Crippen LogP contribution in [0.25, 0.3) is 6.08 Å². The van der Waals surface area contributed by atoms with Gasteiger partial charge in [-0.2, -0.15) is 5.26 Å². The number of amides is 1. The monoisotopic (exact) mass is 542 g/mol. The van der Waals surface area contributed by atoms with Crippen molar-refractivity contribution in [2.45, 2.75) is 13.5 Å². The lowest BCUT2D eigenvalue weighted by Crippen LogP contribution is -2.13. The second-order valence-corrected chi connectivity index (χ2v) is 7.93. The molecule has 3 rings (SSSR count). The summed E-state index contributed by atoms with van der Waals surface area (Å²) < 4.78 is 25.5. The number of rotatable bonds is 8. The van der Waals surface area contributed by atoms with Crippen LogP contribution in [0.4, 0.5) is 10.1 Å². The second-order valence-electron chi connectivity index (χ2n) is 6.69. The Bertz CT molecular complexity index is 1170. The van der Waals surface area contributed by atoms with Gasteiger partial charge in [0, 0.05) is 9.26 Å². The molecule has 3 aromatic rings. The molecule has 1 amide bonds. The lowest BCUT2D eigenvalue weighted by atomic mass is 10.1. The third-order valence-corrected chi connectivity index (χ3v) is 5.00. The van der Waals surface area contributed by atoms with Gasteiger partial charge in [0.15, 0.2) is 11.5 Å². The van der Waals surface area contributed by atoms with Crippen molar-refractivity contribution < 1.29 is 18.7 Å². The number of benzene rings is 3. The van der Waals surface area contributed by atoms with Crippen LogP contribution in [0.5, 0.6) is 11.5 Å². The van der Waals surface area contributed by atoms with E-state index in [1.807, 2.05) is 31.2 Å². The summed E-state index contributed by atoms with van der Waals surface area (Å²) in [5.41, 5.74) is 2.02. The van der Waals surface area contributed by atoms with Gasteiger partial charge in [0.2, 0.25) is 0 Å². The summed E-state index contributed by atoms with van der Waals surface area (Å²) in [4.78, 5) is 12.5. The number of hydrogen-bond donors (Lipinski definition) is 1. The van der Waals surface area contributed by atoms with E-state index < -0.39 is 5.91 Å². The fourth-order valence-corrected chi connectivity index (χ4v) is 3.37. The summed E-state index contributed by atoms with van der Waals surface area (Å²) >= 11 is 2.15. The van der Waals surface area contributed by atoms with Gasteiger partial charge < -0.3 is 14.8 Å². The first-order valence-corrected chi connectivity index (χ1v) is 10.9. The summed E-state index contributed by atoms with van der Waals surface area (Å²) in [5.74, 6) is 0.192. The molecule has 0 saturated heterocycles. The Hall–Kier alpha value is -3.38. The molecule has 0 heterocycles. The Morgan fingerprint density at radius 3 is 2.56 bits per heavy atom. The normalized spacial score (nSPS) is 10.9. The lowest BCUT2D eigenvalue weighted by Gasteiger charge is -2.13. The molecule has 0 atom stereocenters. The predicted octanol–water partition coefficient (Wildman–Crippen LogP) is 5.95. The minimum Gasteiger partial charge on any atom is -0.490 e. The Morgan fingerprint density at radius 1 is 1.09 bits per heavy atom. The van der Waals surface area contributed by atoms with Gasteiger partial charge >= 0.3 is 0 Å². The van der Waals surface area contributed by atoms with Crippen LogP contribution in [0.1, 0.15) is 18.1 Å². The molecule has 0 radical (unpaired) electrons. The zero-order valence-corrected chi connectivity index (χ0v) is 19.4. The molecule has 0 aliphatic rings. The predicted molar refractivity (Wildman–Crippen MR) is 130 cm³/mol. The van der Waals surface area contributed by atoms with Crippen LogP contribution in [0, 0.1) is 20.7 Å². The van der Waals surface area contributed by atoms with Crippen LogP contribution in [-0.4, -0.2) is 12.5 Å². The highest BCUT2D eigenvalue weighted by Crippen LogP contribution is 2.30. The van der Waals surface area contributed by atoms with Gasteiger partial charge in [0.1, 0.15) is 24.1 Å². The van der Waals surface area contributed by atoms with E-state index in [1.54, 1.807) is 36.4 Å². The molecule has 1 N–H and O–H groups in total. The van der Waals surface area contributed by atoms with Crippen LogP contribution >= 0.6 is 22.6 Å². The van der Waals surface area contributed by atoms with Crippen molar-refractivity contribution in [1.29, 1.82) is 5.26 Å². The van der Waals surface area contributed by atoms with Gasteiger partial charge in [-0.05, 0) is 89.2 Å². The van der Waals surface area contributed by atoms with Crippen molar-refractivity contribution in [3.8, 4) is 17.6 Å². The van der Waals surface area contributed by atoms with Crippen molar-refractivity contribution in [3.05, 3.63) is 92.8 Å². The molecule has 162 valence electrons. The van der Waals surface area contributed by atoms with Gasteiger partial charge in [0.05, 0.1) is 6.61 Å². The maximum absolute atomic E-state index is 13.1. The largest absolute Gasteiger partial charge is 0.490 e. The zero-order chi connectivity index (χ0) is 22.9. The van der Waals surface area contributed by atoms with Crippen molar-refractivity contribution in [1.82, 2.24) is 0 Å². The summed E-state index contributed by atoms with van der Waals surface area (Å²) in [6.07, 6.45) is 1.50. The molecule has 0 unspecified atom stereocenters. The Morgan fingerprint density at radius 2 is 1.88 bits per heavy atom. The number of nitriles is 1. The molecule has 5 nitrogen and oxygen atoms in total. The molecule has 0 fully saturated rings. The van der Waals surface area contributed by atoms with Gasteiger partial charge in [-0.1, -0.05) is 24.3 Å². The molecule has 0 bridgehead atoms. The average molecular weight is 542 g/mol. The SMILES string of the molecule is CCOc1cc(/C=C(\C#N)C(=O)Nc2cccc(I)c2)ccc1OCc1ccc(F)cc1. The number of ether oxygens (including phenoxy) is 2. The van der Waals surface area contributed by atoms with Crippen molar-refractivity contribution in [2.24, 2.45) is 0 Å². The van der Waals surface area contributed by atoms with E-state index in [2.05, 4.69) is 27.9 Å². The van der Waals surface area contributed by atoms with E-state index in [-0.39, 0.29) is 18.0 Å².